The van der Waals surface area contributed by atoms with Crippen LogP contribution in [0.15, 0.2) is 53.4 Å². The van der Waals surface area contributed by atoms with Gasteiger partial charge in [0, 0.05) is 30.7 Å². The van der Waals surface area contributed by atoms with Gasteiger partial charge in [-0.3, -0.25) is 4.79 Å². The highest BCUT2D eigenvalue weighted by atomic mass is 35.5. The SMILES string of the molecule is CN(CCOc1ccc(Cl)cc1)C(=O)c1ccc(S(=O)(=O)N2CCCC2)cc1. The maximum Gasteiger partial charge on any atom is 0.253 e. The number of carbonyl (C=O) groups is 1. The number of amides is 1. The zero-order valence-electron chi connectivity index (χ0n) is 15.7. The summed E-state index contributed by atoms with van der Waals surface area (Å²) in [7, 11) is -1.79. The van der Waals surface area contributed by atoms with Gasteiger partial charge in [-0.25, -0.2) is 8.42 Å². The second-order valence-corrected chi connectivity index (χ2v) is 9.04. The minimum atomic E-state index is -3.47. The number of hydrogen-bond donors (Lipinski definition) is 0. The fourth-order valence-electron chi connectivity index (χ4n) is 3.00. The lowest BCUT2D eigenvalue weighted by atomic mass is 10.2. The molecule has 0 unspecified atom stereocenters. The van der Waals surface area contributed by atoms with Crippen LogP contribution >= 0.6 is 11.6 Å². The van der Waals surface area contributed by atoms with Gasteiger partial charge >= 0.3 is 0 Å². The van der Waals surface area contributed by atoms with Crippen LogP contribution in [0.4, 0.5) is 0 Å². The van der Waals surface area contributed by atoms with Crippen molar-refractivity contribution < 1.29 is 17.9 Å². The van der Waals surface area contributed by atoms with Crippen LogP contribution in [0.2, 0.25) is 5.02 Å². The van der Waals surface area contributed by atoms with Gasteiger partial charge in [-0.2, -0.15) is 4.31 Å². The van der Waals surface area contributed by atoms with Gasteiger partial charge in [0.1, 0.15) is 12.4 Å². The second-order valence-electron chi connectivity index (χ2n) is 6.66. The number of halogens is 1. The number of ether oxygens (including phenoxy) is 1. The third kappa shape index (κ3) is 4.84. The molecule has 0 bridgehead atoms. The summed E-state index contributed by atoms with van der Waals surface area (Å²) in [5.41, 5.74) is 0.439. The van der Waals surface area contributed by atoms with E-state index in [0.29, 0.717) is 42.6 Å². The molecule has 1 amide bonds. The quantitative estimate of drug-likeness (QED) is 0.686. The summed E-state index contributed by atoms with van der Waals surface area (Å²) in [6, 6.07) is 13.1. The molecular weight excluding hydrogens is 400 g/mol. The lowest BCUT2D eigenvalue weighted by Crippen LogP contribution is -2.31. The number of sulfonamides is 1. The summed E-state index contributed by atoms with van der Waals surface area (Å²) in [6.45, 7) is 1.85. The lowest BCUT2D eigenvalue weighted by Gasteiger charge is -2.18. The Labute approximate surface area is 170 Å². The van der Waals surface area contributed by atoms with Gasteiger partial charge in [0.25, 0.3) is 5.91 Å². The summed E-state index contributed by atoms with van der Waals surface area (Å²) in [5.74, 6) is 0.492. The average Bonchev–Trinajstić information content (AvgIpc) is 3.25. The van der Waals surface area contributed by atoms with Crippen LogP contribution in [-0.2, 0) is 10.0 Å². The molecule has 2 aromatic rings. The van der Waals surface area contributed by atoms with Crippen molar-refractivity contribution in [3.63, 3.8) is 0 Å². The van der Waals surface area contributed by atoms with Crippen LogP contribution in [0.1, 0.15) is 23.2 Å². The largest absolute Gasteiger partial charge is 0.492 e. The summed E-state index contributed by atoms with van der Waals surface area (Å²) in [6.07, 6.45) is 1.78. The van der Waals surface area contributed by atoms with E-state index in [1.807, 2.05) is 0 Å². The Balaban J connectivity index is 1.56. The third-order valence-electron chi connectivity index (χ3n) is 4.66. The van der Waals surface area contributed by atoms with E-state index in [1.54, 1.807) is 48.3 Å². The second kappa shape index (κ2) is 8.94. The molecule has 150 valence electrons. The van der Waals surface area contributed by atoms with E-state index in [9.17, 15) is 13.2 Å². The number of nitrogens with zero attached hydrogens (tertiary/aromatic N) is 2. The Morgan fingerprint density at radius 3 is 2.29 bits per heavy atom. The molecule has 0 saturated carbocycles. The summed E-state index contributed by atoms with van der Waals surface area (Å²) >= 11 is 5.83. The molecule has 0 radical (unpaired) electrons. The zero-order valence-corrected chi connectivity index (χ0v) is 17.2. The van der Waals surface area contributed by atoms with Gasteiger partial charge in [-0.05, 0) is 61.4 Å². The number of likely N-dealkylation sites (N-methyl/N-ethyl adjacent to an activating group) is 1. The maximum atomic E-state index is 12.6. The van der Waals surface area contributed by atoms with Crippen molar-refractivity contribution in [3.8, 4) is 5.75 Å². The van der Waals surface area contributed by atoms with E-state index in [4.69, 9.17) is 16.3 Å². The first-order chi connectivity index (χ1) is 13.4. The lowest BCUT2D eigenvalue weighted by molar-refractivity contribution is 0.0773. The normalized spacial score (nSPS) is 14.8. The van der Waals surface area contributed by atoms with Crippen LogP contribution in [0.25, 0.3) is 0 Å². The van der Waals surface area contributed by atoms with Crippen molar-refractivity contribution in [2.24, 2.45) is 0 Å². The topological polar surface area (TPSA) is 66.9 Å². The fourth-order valence-corrected chi connectivity index (χ4v) is 4.64. The summed E-state index contributed by atoms with van der Waals surface area (Å²) in [5, 5.41) is 0.634. The third-order valence-corrected chi connectivity index (χ3v) is 6.82. The van der Waals surface area contributed by atoms with Gasteiger partial charge in [0.05, 0.1) is 11.4 Å². The van der Waals surface area contributed by atoms with Crippen LogP contribution in [0.5, 0.6) is 5.75 Å². The number of carbonyl (C=O) groups excluding carboxylic acids is 1. The molecule has 1 saturated heterocycles. The van der Waals surface area contributed by atoms with Crippen LogP contribution in [0, 0.1) is 0 Å². The molecule has 1 aliphatic rings. The molecule has 3 rings (SSSR count). The molecule has 8 heteroatoms. The van der Waals surface area contributed by atoms with Gasteiger partial charge in [0.2, 0.25) is 10.0 Å². The first-order valence-corrected chi connectivity index (χ1v) is 10.9. The number of benzene rings is 2. The van der Waals surface area contributed by atoms with Crippen molar-refractivity contribution in [1.29, 1.82) is 0 Å². The molecule has 28 heavy (non-hydrogen) atoms. The van der Waals surface area contributed by atoms with E-state index >= 15 is 0 Å². The van der Waals surface area contributed by atoms with Crippen molar-refractivity contribution >= 4 is 27.5 Å². The molecule has 1 aliphatic heterocycles. The van der Waals surface area contributed by atoms with Gasteiger partial charge in [-0.15, -0.1) is 0 Å². The minimum absolute atomic E-state index is 0.190. The van der Waals surface area contributed by atoms with Gasteiger partial charge in [-0.1, -0.05) is 11.6 Å². The van der Waals surface area contributed by atoms with Gasteiger partial charge in [0.15, 0.2) is 0 Å². The molecule has 6 nitrogen and oxygen atoms in total. The fraction of sp³-hybridized carbons (Fsp3) is 0.350. The summed E-state index contributed by atoms with van der Waals surface area (Å²) in [4.78, 5) is 14.3. The molecule has 0 atom stereocenters. The van der Waals surface area contributed by atoms with Crippen LogP contribution < -0.4 is 4.74 Å². The Bertz CT molecular complexity index is 908. The molecular formula is C20H23ClN2O4S. The summed E-state index contributed by atoms with van der Waals surface area (Å²) < 4.78 is 32.2. The van der Waals surface area contributed by atoms with Crippen molar-refractivity contribution in [3.05, 3.63) is 59.1 Å². The number of rotatable bonds is 7. The smallest absolute Gasteiger partial charge is 0.253 e. The molecule has 2 aromatic carbocycles. The average molecular weight is 423 g/mol. The van der Waals surface area contributed by atoms with E-state index in [1.165, 1.54) is 16.4 Å². The van der Waals surface area contributed by atoms with Crippen LogP contribution in [-0.4, -0.2) is 56.8 Å². The molecule has 1 fully saturated rings. The highest BCUT2D eigenvalue weighted by molar-refractivity contribution is 7.89. The standard InChI is InChI=1S/C20H23ClN2O4S/c1-22(14-15-27-18-8-6-17(21)7-9-18)20(24)16-4-10-19(11-5-16)28(25,26)23-12-2-3-13-23/h4-11H,2-3,12-15H2,1H3. The predicted octanol–water partition coefficient (Wildman–Crippen LogP) is 3.28. The Kier molecular flexibility index (Phi) is 6.59. The highest BCUT2D eigenvalue weighted by Gasteiger charge is 2.27. The first-order valence-electron chi connectivity index (χ1n) is 9.12. The molecule has 0 spiro atoms. The Hall–Kier alpha value is -2.09. The van der Waals surface area contributed by atoms with E-state index in [0.717, 1.165) is 12.8 Å². The maximum absolute atomic E-state index is 12.6. The molecule has 0 aliphatic carbocycles. The Morgan fingerprint density at radius 2 is 1.68 bits per heavy atom. The van der Waals surface area contributed by atoms with Crippen molar-refractivity contribution in [2.45, 2.75) is 17.7 Å². The van der Waals surface area contributed by atoms with Gasteiger partial charge < -0.3 is 9.64 Å². The monoisotopic (exact) mass is 422 g/mol. The molecule has 0 N–H and O–H groups in total. The minimum Gasteiger partial charge on any atom is -0.492 e. The predicted molar refractivity (Wildman–Crippen MR) is 108 cm³/mol. The zero-order chi connectivity index (χ0) is 20.1. The van der Waals surface area contributed by atoms with Crippen molar-refractivity contribution in [2.75, 3.05) is 33.3 Å². The van der Waals surface area contributed by atoms with E-state index in [2.05, 4.69) is 0 Å². The molecule has 1 heterocycles. The number of hydrogen-bond acceptors (Lipinski definition) is 4. The van der Waals surface area contributed by atoms with Crippen molar-refractivity contribution in [1.82, 2.24) is 9.21 Å². The highest BCUT2D eigenvalue weighted by Crippen LogP contribution is 2.21. The van der Waals surface area contributed by atoms with E-state index < -0.39 is 10.0 Å². The first kappa shape index (κ1) is 20.6. The Morgan fingerprint density at radius 1 is 1.07 bits per heavy atom. The van der Waals surface area contributed by atoms with Crippen LogP contribution in [0.3, 0.4) is 0 Å². The molecule has 0 aromatic heterocycles. The van der Waals surface area contributed by atoms with E-state index in [-0.39, 0.29) is 10.8 Å².